The Labute approximate surface area is 115 Å². The molecule has 0 aromatic carbocycles. The Morgan fingerprint density at radius 2 is 1.75 bits per heavy atom. The fraction of sp³-hybridized carbons (Fsp3) is 0.769. The molecule has 3 atom stereocenters. The molecule has 0 aromatic heterocycles. The van der Waals surface area contributed by atoms with Gasteiger partial charge in [0.25, 0.3) is 6.43 Å². The molecule has 2 aliphatic rings. The molecule has 0 aromatic rings. The van der Waals surface area contributed by atoms with Gasteiger partial charge in [0, 0.05) is 0 Å². The van der Waals surface area contributed by atoms with Gasteiger partial charge >= 0.3 is 5.97 Å². The maximum absolute atomic E-state index is 12.2. The average molecular weight is 289 g/mol. The van der Waals surface area contributed by atoms with E-state index in [9.17, 15) is 23.2 Å². The smallest absolute Gasteiger partial charge is 0.329 e. The van der Waals surface area contributed by atoms with E-state index in [0.717, 1.165) is 17.7 Å². The summed E-state index contributed by atoms with van der Waals surface area (Å²) in [4.78, 5) is 36.9. The van der Waals surface area contributed by atoms with Crippen LogP contribution in [0.15, 0.2) is 0 Å². The summed E-state index contributed by atoms with van der Waals surface area (Å²) in [5, 5.41) is 0. The monoisotopic (exact) mass is 289 g/mol. The summed E-state index contributed by atoms with van der Waals surface area (Å²) in [5.74, 6) is -2.43. The summed E-state index contributed by atoms with van der Waals surface area (Å²) in [7, 11) is 0. The third kappa shape index (κ3) is 2.66. The second kappa shape index (κ2) is 5.85. The quantitative estimate of drug-likeness (QED) is 0.579. The molecule has 1 saturated carbocycles. The second-order valence-electron chi connectivity index (χ2n) is 5.24. The Hall–Kier alpha value is -1.53. The lowest BCUT2D eigenvalue weighted by Gasteiger charge is -2.21. The molecule has 0 N–H and O–H groups in total. The van der Waals surface area contributed by atoms with Gasteiger partial charge in [-0.25, -0.2) is 13.6 Å². The maximum Gasteiger partial charge on any atom is 0.329 e. The number of hydrogen-bond acceptors (Lipinski definition) is 4. The molecule has 5 nitrogen and oxygen atoms in total. The number of alkyl halides is 2. The molecule has 2 fully saturated rings. The van der Waals surface area contributed by atoms with Crippen molar-refractivity contribution < 1.29 is 27.9 Å². The molecule has 7 heteroatoms. The van der Waals surface area contributed by atoms with Gasteiger partial charge in [-0.2, -0.15) is 0 Å². The topological polar surface area (TPSA) is 63.7 Å². The van der Waals surface area contributed by atoms with Gasteiger partial charge in [-0.15, -0.1) is 0 Å². The van der Waals surface area contributed by atoms with E-state index in [-0.39, 0.29) is 23.7 Å². The first-order valence-corrected chi connectivity index (χ1v) is 6.75. The largest absolute Gasteiger partial charge is 0.458 e. The Morgan fingerprint density at radius 1 is 1.25 bits per heavy atom. The van der Waals surface area contributed by atoms with Gasteiger partial charge in [-0.05, 0) is 19.8 Å². The van der Waals surface area contributed by atoms with Crippen molar-refractivity contribution in [3.05, 3.63) is 0 Å². The van der Waals surface area contributed by atoms with Crippen LogP contribution in [0.1, 0.15) is 32.6 Å². The van der Waals surface area contributed by atoms with E-state index in [4.69, 9.17) is 0 Å². The second-order valence-corrected chi connectivity index (χ2v) is 5.24. The summed E-state index contributed by atoms with van der Waals surface area (Å²) in [6.45, 7) is 0.313. The summed E-state index contributed by atoms with van der Waals surface area (Å²) < 4.78 is 28.4. The van der Waals surface area contributed by atoms with Crippen molar-refractivity contribution in [1.82, 2.24) is 4.90 Å². The van der Waals surface area contributed by atoms with Gasteiger partial charge in [0.1, 0.15) is 6.04 Å². The highest BCUT2D eigenvalue weighted by atomic mass is 19.3. The van der Waals surface area contributed by atoms with Crippen molar-refractivity contribution in [3.8, 4) is 0 Å². The Bertz CT molecular complexity index is 403. The van der Waals surface area contributed by atoms with Gasteiger partial charge in [0.2, 0.25) is 11.8 Å². The van der Waals surface area contributed by atoms with E-state index in [1.54, 1.807) is 0 Å². The molecular weight excluding hydrogens is 272 g/mol. The van der Waals surface area contributed by atoms with Gasteiger partial charge in [-0.3, -0.25) is 14.5 Å². The van der Waals surface area contributed by atoms with Crippen molar-refractivity contribution in [3.63, 3.8) is 0 Å². The Kier molecular flexibility index (Phi) is 4.35. The van der Waals surface area contributed by atoms with E-state index in [0.29, 0.717) is 12.8 Å². The lowest BCUT2D eigenvalue weighted by atomic mass is 9.81. The van der Waals surface area contributed by atoms with E-state index in [2.05, 4.69) is 4.74 Å². The first-order valence-electron chi connectivity index (χ1n) is 6.75. The molecule has 2 rings (SSSR count). The molecule has 2 amide bonds. The highest BCUT2D eigenvalue weighted by molar-refractivity contribution is 6.07. The summed E-state index contributed by atoms with van der Waals surface area (Å²) in [5.41, 5.74) is 0. The van der Waals surface area contributed by atoms with E-state index in [1.807, 2.05) is 0 Å². The number of fused-ring (bicyclic) bond motifs is 1. The van der Waals surface area contributed by atoms with Gasteiger partial charge in [-0.1, -0.05) is 12.8 Å². The van der Waals surface area contributed by atoms with Crippen LogP contribution < -0.4 is 0 Å². The zero-order chi connectivity index (χ0) is 14.9. The lowest BCUT2D eigenvalue weighted by molar-refractivity contribution is -0.160. The summed E-state index contributed by atoms with van der Waals surface area (Å²) >= 11 is 0. The van der Waals surface area contributed by atoms with Crippen LogP contribution in [0.2, 0.25) is 0 Å². The predicted molar refractivity (Wildman–Crippen MR) is 63.7 cm³/mol. The zero-order valence-corrected chi connectivity index (χ0v) is 11.2. The Balaban J connectivity index is 2.05. The first-order chi connectivity index (χ1) is 9.43. The number of rotatable bonds is 4. The normalized spacial score (nSPS) is 27.7. The number of hydrogen-bond donors (Lipinski definition) is 0. The first kappa shape index (κ1) is 14.9. The van der Waals surface area contributed by atoms with Crippen LogP contribution in [0, 0.1) is 11.8 Å². The minimum Gasteiger partial charge on any atom is -0.458 e. The molecule has 0 bridgehead atoms. The number of ether oxygens (including phenoxy) is 1. The molecule has 1 aliphatic carbocycles. The Morgan fingerprint density at radius 3 is 2.20 bits per heavy atom. The number of carbonyl (C=O) groups is 3. The summed E-state index contributed by atoms with van der Waals surface area (Å²) in [6.07, 6.45) is 0.296. The SMILES string of the molecule is C[C@@H](C(=O)OCC(F)F)N1C(=O)[C@H]2CCCC[C@@H]2C1=O. The van der Waals surface area contributed by atoms with E-state index in [1.165, 1.54) is 6.92 Å². The van der Waals surface area contributed by atoms with Crippen molar-refractivity contribution in [1.29, 1.82) is 0 Å². The third-order valence-electron chi connectivity index (χ3n) is 3.96. The van der Waals surface area contributed by atoms with Gasteiger partial charge in [0.05, 0.1) is 11.8 Å². The van der Waals surface area contributed by atoms with Crippen molar-refractivity contribution in [2.45, 2.75) is 45.1 Å². The highest BCUT2D eigenvalue weighted by Crippen LogP contribution is 2.38. The molecule has 1 saturated heterocycles. The number of nitrogens with zero attached hydrogens (tertiary/aromatic N) is 1. The van der Waals surface area contributed by atoms with Crippen molar-refractivity contribution >= 4 is 17.8 Å². The number of carbonyl (C=O) groups excluding carboxylic acids is 3. The molecule has 0 radical (unpaired) electrons. The highest BCUT2D eigenvalue weighted by Gasteiger charge is 2.51. The number of imide groups is 1. The van der Waals surface area contributed by atoms with Crippen molar-refractivity contribution in [2.24, 2.45) is 11.8 Å². The molecule has 112 valence electrons. The number of likely N-dealkylation sites (tertiary alicyclic amines) is 1. The number of halogens is 2. The van der Waals surface area contributed by atoms with Crippen LogP contribution in [-0.4, -0.2) is 41.8 Å². The fourth-order valence-electron chi connectivity index (χ4n) is 2.94. The third-order valence-corrected chi connectivity index (χ3v) is 3.96. The molecule has 0 unspecified atom stereocenters. The van der Waals surface area contributed by atoms with E-state index < -0.39 is 25.0 Å². The van der Waals surface area contributed by atoms with Crippen LogP contribution in [-0.2, 0) is 19.1 Å². The summed E-state index contributed by atoms with van der Waals surface area (Å²) in [6, 6.07) is -1.14. The van der Waals surface area contributed by atoms with Crippen LogP contribution in [0.5, 0.6) is 0 Å². The van der Waals surface area contributed by atoms with Crippen LogP contribution in [0.25, 0.3) is 0 Å². The van der Waals surface area contributed by atoms with Crippen LogP contribution >= 0.6 is 0 Å². The predicted octanol–water partition coefficient (Wildman–Crippen LogP) is 1.36. The number of esters is 1. The van der Waals surface area contributed by atoms with Crippen LogP contribution in [0.4, 0.5) is 8.78 Å². The minimum atomic E-state index is -2.77. The van der Waals surface area contributed by atoms with Gasteiger partial charge in [0.15, 0.2) is 6.61 Å². The van der Waals surface area contributed by atoms with Gasteiger partial charge < -0.3 is 4.74 Å². The molecule has 0 spiro atoms. The zero-order valence-electron chi connectivity index (χ0n) is 11.2. The fourth-order valence-corrected chi connectivity index (χ4v) is 2.94. The molecular formula is C13H17F2NO4. The maximum atomic E-state index is 12.2. The van der Waals surface area contributed by atoms with E-state index >= 15 is 0 Å². The molecule has 1 aliphatic heterocycles. The molecule has 1 heterocycles. The van der Waals surface area contributed by atoms with Crippen molar-refractivity contribution in [2.75, 3.05) is 6.61 Å². The minimum absolute atomic E-state index is 0.360. The average Bonchev–Trinajstić information content (AvgIpc) is 2.68. The standard InChI is InChI=1S/C13H17F2NO4/c1-7(13(19)20-6-10(14)15)16-11(17)8-4-2-3-5-9(8)12(16)18/h7-10H,2-6H2,1H3/t7-,8-,9-/m0/s1. The lowest BCUT2D eigenvalue weighted by Crippen LogP contribution is -2.44. The molecule has 20 heavy (non-hydrogen) atoms. The number of amides is 2. The van der Waals surface area contributed by atoms with Crippen LogP contribution in [0.3, 0.4) is 0 Å².